The summed E-state index contributed by atoms with van der Waals surface area (Å²) in [5, 5.41) is 0. The third-order valence-electron chi connectivity index (χ3n) is 3.93. The van der Waals surface area contributed by atoms with E-state index in [1.54, 1.807) is 18.2 Å². The van der Waals surface area contributed by atoms with Gasteiger partial charge in [0, 0.05) is 16.4 Å². The molecule has 0 aromatic heterocycles. The molecule has 6 heteroatoms. The molecule has 0 heterocycles. The van der Waals surface area contributed by atoms with Gasteiger partial charge in [-0.2, -0.15) is 0 Å². The Morgan fingerprint density at radius 3 is 2.28 bits per heavy atom. The summed E-state index contributed by atoms with van der Waals surface area (Å²) in [4.78, 5) is 24.0. The molecule has 0 unspecified atom stereocenters. The highest BCUT2D eigenvalue weighted by molar-refractivity contribution is 14.1. The Morgan fingerprint density at radius 2 is 1.72 bits per heavy atom. The van der Waals surface area contributed by atoms with E-state index in [4.69, 9.17) is 15.2 Å². The third-order valence-corrected chi connectivity index (χ3v) is 4.94. The molecule has 0 spiro atoms. The van der Waals surface area contributed by atoms with Crippen molar-refractivity contribution in [3.63, 3.8) is 0 Å². The van der Waals surface area contributed by atoms with Crippen molar-refractivity contribution in [2.75, 3.05) is 14.2 Å². The molecule has 2 N–H and O–H groups in total. The van der Waals surface area contributed by atoms with Crippen LogP contribution >= 0.6 is 22.6 Å². The minimum absolute atomic E-state index is 0.300. The molecule has 2 aromatic carbocycles. The molecule has 25 heavy (non-hydrogen) atoms. The van der Waals surface area contributed by atoms with E-state index in [2.05, 4.69) is 22.6 Å². The normalized spacial score (nSPS) is 13.0. The van der Waals surface area contributed by atoms with Crippen LogP contribution in [0.15, 0.2) is 48.5 Å². The highest BCUT2D eigenvalue weighted by Crippen LogP contribution is 2.23. The van der Waals surface area contributed by atoms with Gasteiger partial charge in [-0.3, -0.25) is 4.79 Å². The van der Waals surface area contributed by atoms with Gasteiger partial charge in [0.2, 0.25) is 0 Å². The number of rotatable bonds is 6. The maximum Gasteiger partial charge on any atom is 0.337 e. The number of esters is 2. The largest absolute Gasteiger partial charge is 0.468 e. The maximum atomic E-state index is 12.4. The number of hydrogen-bond donors (Lipinski definition) is 1. The van der Waals surface area contributed by atoms with E-state index in [0.29, 0.717) is 18.4 Å². The van der Waals surface area contributed by atoms with E-state index in [1.165, 1.54) is 14.2 Å². The molecule has 0 aliphatic heterocycles. The fourth-order valence-corrected chi connectivity index (χ4v) is 3.35. The third kappa shape index (κ3) is 4.79. The van der Waals surface area contributed by atoms with Crippen molar-refractivity contribution in [2.45, 2.75) is 18.4 Å². The van der Waals surface area contributed by atoms with Crippen LogP contribution in [0.25, 0.3) is 0 Å². The summed E-state index contributed by atoms with van der Waals surface area (Å²) in [6.07, 6.45) is 0.656. The monoisotopic (exact) mass is 453 g/mol. The van der Waals surface area contributed by atoms with Crippen molar-refractivity contribution >= 4 is 34.5 Å². The molecular weight excluding hydrogens is 433 g/mol. The van der Waals surface area contributed by atoms with Gasteiger partial charge >= 0.3 is 11.9 Å². The Bertz CT molecular complexity index is 763. The smallest absolute Gasteiger partial charge is 0.337 e. The molecule has 0 fully saturated rings. The Hall–Kier alpha value is -1.93. The average molecular weight is 453 g/mol. The number of hydrogen-bond acceptors (Lipinski definition) is 5. The second-order valence-electron chi connectivity index (χ2n) is 5.78. The number of benzene rings is 2. The Morgan fingerprint density at radius 1 is 1.04 bits per heavy atom. The molecule has 2 aromatic rings. The fourth-order valence-electron chi connectivity index (χ4n) is 2.65. The lowest BCUT2D eigenvalue weighted by Crippen LogP contribution is -2.52. The molecule has 0 saturated heterocycles. The summed E-state index contributed by atoms with van der Waals surface area (Å²) in [7, 11) is 2.67. The van der Waals surface area contributed by atoms with Crippen molar-refractivity contribution in [2.24, 2.45) is 5.73 Å². The highest BCUT2D eigenvalue weighted by Gasteiger charge is 2.36. The van der Waals surface area contributed by atoms with Crippen LogP contribution in [0.5, 0.6) is 0 Å². The summed E-state index contributed by atoms with van der Waals surface area (Å²) in [6.45, 7) is 0. The van der Waals surface area contributed by atoms with E-state index in [-0.39, 0.29) is 0 Å². The first-order valence-corrected chi connectivity index (χ1v) is 8.75. The number of halogens is 1. The number of methoxy groups -OCH3 is 2. The molecule has 2 rings (SSSR count). The zero-order chi connectivity index (χ0) is 18.4. The number of nitrogens with two attached hydrogens (primary N) is 1. The topological polar surface area (TPSA) is 78.6 Å². The highest BCUT2D eigenvalue weighted by atomic mass is 127. The first-order chi connectivity index (χ1) is 11.9. The van der Waals surface area contributed by atoms with Gasteiger partial charge in [0.25, 0.3) is 0 Å². The van der Waals surface area contributed by atoms with Crippen molar-refractivity contribution in [1.82, 2.24) is 0 Å². The van der Waals surface area contributed by atoms with Gasteiger partial charge in [-0.25, -0.2) is 4.79 Å². The first-order valence-electron chi connectivity index (χ1n) is 7.67. The predicted molar refractivity (Wildman–Crippen MR) is 103 cm³/mol. The molecule has 0 amide bonds. The van der Waals surface area contributed by atoms with Gasteiger partial charge in [0.15, 0.2) is 0 Å². The number of carbonyl (C=O) groups is 2. The number of carbonyl (C=O) groups excluding carboxylic acids is 2. The van der Waals surface area contributed by atoms with Crippen molar-refractivity contribution in [1.29, 1.82) is 0 Å². The van der Waals surface area contributed by atoms with Crippen LogP contribution in [0.1, 0.15) is 21.5 Å². The van der Waals surface area contributed by atoms with E-state index < -0.39 is 17.5 Å². The number of ether oxygens (including phenoxy) is 2. The van der Waals surface area contributed by atoms with E-state index in [1.807, 2.05) is 30.3 Å². The zero-order valence-corrected chi connectivity index (χ0v) is 16.3. The summed E-state index contributed by atoms with van der Waals surface area (Å²) in [6, 6.07) is 14.8. The molecule has 1 atom stereocenters. The molecule has 0 aliphatic carbocycles. The van der Waals surface area contributed by atoms with Crippen LogP contribution in [0.4, 0.5) is 0 Å². The Balaban J connectivity index is 2.31. The summed E-state index contributed by atoms with van der Waals surface area (Å²) in [5.41, 5.74) is 7.53. The molecule has 0 saturated carbocycles. The minimum atomic E-state index is -1.19. The van der Waals surface area contributed by atoms with E-state index in [0.717, 1.165) is 14.7 Å². The van der Waals surface area contributed by atoms with Crippen molar-refractivity contribution in [3.8, 4) is 0 Å². The predicted octanol–water partition coefficient (Wildman–Crippen LogP) is 2.73. The average Bonchev–Trinajstić information content (AvgIpc) is 2.62. The first kappa shape index (κ1) is 19.4. The molecule has 0 bridgehead atoms. The lowest BCUT2D eigenvalue weighted by atomic mass is 9.85. The van der Waals surface area contributed by atoms with Crippen LogP contribution in [-0.4, -0.2) is 31.7 Å². The maximum absolute atomic E-state index is 12.4. The Labute approximate surface area is 160 Å². The molecule has 0 radical (unpaired) electrons. The molecule has 0 aliphatic rings. The van der Waals surface area contributed by atoms with E-state index in [9.17, 15) is 9.59 Å². The summed E-state index contributed by atoms with van der Waals surface area (Å²) < 4.78 is 10.5. The zero-order valence-electron chi connectivity index (χ0n) is 14.1. The van der Waals surface area contributed by atoms with Crippen LogP contribution in [0.3, 0.4) is 0 Å². The van der Waals surface area contributed by atoms with Crippen LogP contribution in [0, 0.1) is 3.57 Å². The second kappa shape index (κ2) is 8.44. The van der Waals surface area contributed by atoms with Gasteiger partial charge in [0.1, 0.15) is 5.54 Å². The van der Waals surface area contributed by atoms with Gasteiger partial charge in [0.05, 0.1) is 19.8 Å². The Kier molecular flexibility index (Phi) is 6.55. The quantitative estimate of drug-likeness (QED) is 0.538. The lowest BCUT2D eigenvalue weighted by Gasteiger charge is -2.27. The summed E-state index contributed by atoms with van der Waals surface area (Å²) >= 11 is 2.13. The van der Waals surface area contributed by atoms with Gasteiger partial charge in [-0.15, -0.1) is 0 Å². The lowest BCUT2D eigenvalue weighted by molar-refractivity contribution is -0.147. The minimum Gasteiger partial charge on any atom is -0.468 e. The SMILES string of the molecule is COC(=O)c1ccc(C[C@](N)(Cc2ccccc2)C(=O)OC)c(I)c1. The summed E-state index contributed by atoms with van der Waals surface area (Å²) in [5.74, 6) is -0.870. The molecule has 132 valence electrons. The van der Waals surface area contributed by atoms with Gasteiger partial charge < -0.3 is 15.2 Å². The fraction of sp³-hybridized carbons (Fsp3) is 0.263. The van der Waals surface area contributed by atoms with Crippen LogP contribution in [-0.2, 0) is 27.1 Å². The van der Waals surface area contributed by atoms with Crippen molar-refractivity contribution < 1.29 is 19.1 Å². The van der Waals surface area contributed by atoms with Crippen molar-refractivity contribution in [3.05, 3.63) is 68.8 Å². The van der Waals surface area contributed by atoms with Gasteiger partial charge in [-0.05, 0) is 45.9 Å². The van der Waals surface area contributed by atoms with Gasteiger partial charge in [-0.1, -0.05) is 36.4 Å². The second-order valence-corrected chi connectivity index (χ2v) is 6.95. The standard InChI is InChI=1S/C19H20INO4/c1-24-17(22)14-8-9-15(16(20)10-14)12-19(21,18(23)25-2)11-13-6-4-3-5-7-13/h3-10H,11-12,21H2,1-2H3/t19-/m1/s1. The van der Waals surface area contributed by atoms with E-state index >= 15 is 0 Å². The van der Waals surface area contributed by atoms with Crippen LogP contribution < -0.4 is 5.73 Å². The van der Waals surface area contributed by atoms with Crippen LogP contribution in [0.2, 0.25) is 0 Å². The molecule has 5 nitrogen and oxygen atoms in total. The molecular formula is C19H20INO4.